The molecule has 2 aliphatic rings. The Morgan fingerprint density at radius 2 is 1.55 bits per heavy atom. The SMILES string of the molecule is CN1CCN(C)[C@H](CC(=O)N2CCCC(c3ccccc3)(c3ccccc3)C2)C1. The molecule has 154 valence electrons. The highest BCUT2D eigenvalue weighted by Crippen LogP contribution is 2.40. The van der Waals surface area contributed by atoms with Crippen molar-refractivity contribution in [2.24, 2.45) is 0 Å². The Labute approximate surface area is 175 Å². The van der Waals surface area contributed by atoms with E-state index >= 15 is 0 Å². The molecule has 1 atom stereocenters. The zero-order chi connectivity index (χ0) is 20.3. The number of piperidine rings is 1. The summed E-state index contributed by atoms with van der Waals surface area (Å²) in [5.41, 5.74) is 2.52. The van der Waals surface area contributed by atoms with Gasteiger partial charge in [0.1, 0.15) is 0 Å². The number of hydrogen-bond acceptors (Lipinski definition) is 3. The predicted octanol–water partition coefficient (Wildman–Crippen LogP) is 3.23. The van der Waals surface area contributed by atoms with Gasteiger partial charge in [-0.15, -0.1) is 0 Å². The van der Waals surface area contributed by atoms with Gasteiger partial charge in [0.15, 0.2) is 0 Å². The van der Waals surface area contributed by atoms with Crippen molar-refractivity contribution in [1.82, 2.24) is 14.7 Å². The second-order valence-electron chi connectivity index (χ2n) is 8.83. The van der Waals surface area contributed by atoms with E-state index in [9.17, 15) is 4.79 Å². The molecule has 2 fully saturated rings. The van der Waals surface area contributed by atoms with Crippen LogP contribution < -0.4 is 0 Å². The first-order valence-electron chi connectivity index (χ1n) is 10.9. The molecule has 2 aromatic rings. The summed E-state index contributed by atoms with van der Waals surface area (Å²) >= 11 is 0. The summed E-state index contributed by atoms with van der Waals surface area (Å²) in [6.07, 6.45) is 2.73. The standard InChI is InChI=1S/C25H33N3O/c1-26-16-17-27(2)23(19-26)18-24(29)28-15-9-14-25(20-28,21-10-5-3-6-11-21)22-12-7-4-8-13-22/h3-8,10-13,23H,9,14-20H2,1-2H3/t23-/m1/s1. The highest BCUT2D eigenvalue weighted by Gasteiger charge is 2.40. The van der Waals surface area contributed by atoms with Crippen molar-refractivity contribution >= 4 is 5.91 Å². The molecule has 1 amide bonds. The van der Waals surface area contributed by atoms with Crippen molar-refractivity contribution < 1.29 is 4.79 Å². The number of carbonyl (C=O) groups is 1. The van der Waals surface area contributed by atoms with E-state index < -0.39 is 0 Å². The van der Waals surface area contributed by atoms with Gasteiger partial charge in [-0.25, -0.2) is 0 Å². The molecular weight excluding hydrogens is 358 g/mol. The Morgan fingerprint density at radius 3 is 2.17 bits per heavy atom. The third-order valence-corrected chi connectivity index (χ3v) is 6.89. The molecule has 29 heavy (non-hydrogen) atoms. The maximum Gasteiger partial charge on any atom is 0.224 e. The molecule has 0 radical (unpaired) electrons. The maximum atomic E-state index is 13.3. The van der Waals surface area contributed by atoms with Crippen LogP contribution >= 0.6 is 0 Å². The molecular formula is C25H33N3O. The lowest BCUT2D eigenvalue weighted by Gasteiger charge is -2.45. The minimum atomic E-state index is -0.119. The normalized spacial score (nSPS) is 23.1. The van der Waals surface area contributed by atoms with Gasteiger partial charge in [-0.2, -0.15) is 0 Å². The van der Waals surface area contributed by atoms with Crippen molar-refractivity contribution in [3.8, 4) is 0 Å². The number of likely N-dealkylation sites (N-methyl/N-ethyl adjacent to an activating group) is 2. The van der Waals surface area contributed by atoms with Crippen LogP contribution in [0.3, 0.4) is 0 Å². The Balaban J connectivity index is 1.58. The maximum absolute atomic E-state index is 13.3. The lowest BCUT2D eigenvalue weighted by molar-refractivity contribution is -0.134. The van der Waals surface area contributed by atoms with Crippen LogP contribution in [0, 0.1) is 0 Å². The first-order valence-corrected chi connectivity index (χ1v) is 10.9. The Kier molecular flexibility index (Phi) is 6.02. The van der Waals surface area contributed by atoms with Gasteiger partial charge < -0.3 is 14.7 Å². The van der Waals surface area contributed by atoms with Gasteiger partial charge in [0, 0.05) is 50.6 Å². The van der Waals surface area contributed by atoms with Gasteiger partial charge in [-0.3, -0.25) is 4.79 Å². The third-order valence-electron chi connectivity index (χ3n) is 6.89. The highest BCUT2D eigenvalue weighted by molar-refractivity contribution is 5.77. The van der Waals surface area contributed by atoms with Crippen molar-refractivity contribution in [3.05, 3.63) is 71.8 Å². The second kappa shape index (κ2) is 8.68. The van der Waals surface area contributed by atoms with Gasteiger partial charge in [-0.1, -0.05) is 60.7 Å². The fourth-order valence-corrected chi connectivity index (χ4v) is 5.07. The van der Waals surface area contributed by atoms with E-state index in [-0.39, 0.29) is 5.41 Å². The van der Waals surface area contributed by atoms with E-state index in [0.29, 0.717) is 18.4 Å². The molecule has 4 rings (SSSR count). The molecule has 2 aromatic carbocycles. The van der Waals surface area contributed by atoms with Gasteiger partial charge in [0.25, 0.3) is 0 Å². The van der Waals surface area contributed by atoms with Crippen molar-refractivity contribution in [2.75, 3.05) is 46.8 Å². The van der Waals surface area contributed by atoms with Crippen LogP contribution in [-0.2, 0) is 10.2 Å². The lowest BCUT2D eigenvalue weighted by atomic mass is 9.69. The quantitative estimate of drug-likeness (QED) is 0.801. The van der Waals surface area contributed by atoms with Crippen LogP contribution in [0.5, 0.6) is 0 Å². The van der Waals surface area contributed by atoms with Crippen molar-refractivity contribution in [1.29, 1.82) is 0 Å². The average molecular weight is 392 g/mol. The molecule has 4 nitrogen and oxygen atoms in total. The molecule has 0 aliphatic carbocycles. The van der Waals surface area contributed by atoms with Crippen molar-refractivity contribution in [2.45, 2.75) is 30.7 Å². The number of hydrogen-bond donors (Lipinski definition) is 0. The summed E-state index contributed by atoms with van der Waals surface area (Å²) in [6, 6.07) is 21.8. The van der Waals surface area contributed by atoms with E-state index in [0.717, 1.165) is 45.6 Å². The van der Waals surface area contributed by atoms with E-state index in [1.54, 1.807) is 0 Å². The van der Waals surface area contributed by atoms with Crippen LogP contribution in [0.25, 0.3) is 0 Å². The Bertz CT molecular complexity index is 768. The molecule has 0 saturated carbocycles. The summed E-state index contributed by atoms with van der Waals surface area (Å²) in [5.74, 6) is 0.299. The average Bonchev–Trinajstić information content (AvgIpc) is 2.77. The van der Waals surface area contributed by atoms with Crippen LogP contribution in [0.1, 0.15) is 30.4 Å². The molecule has 0 N–H and O–H groups in total. The molecule has 2 aliphatic heterocycles. The highest BCUT2D eigenvalue weighted by atomic mass is 16.2. The fraction of sp³-hybridized carbons (Fsp3) is 0.480. The Hall–Kier alpha value is -2.17. The molecule has 2 saturated heterocycles. The Morgan fingerprint density at radius 1 is 0.931 bits per heavy atom. The number of nitrogens with zero attached hydrogens (tertiary/aromatic N) is 3. The number of carbonyl (C=O) groups excluding carboxylic acids is 1. The fourth-order valence-electron chi connectivity index (χ4n) is 5.07. The number of likely N-dealkylation sites (tertiary alicyclic amines) is 1. The van der Waals surface area contributed by atoms with Crippen LogP contribution in [0.4, 0.5) is 0 Å². The minimum absolute atomic E-state index is 0.119. The van der Waals surface area contributed by atoms with Gasteiger partial charge >= 0.3 is 0 Å². The number of amides is 1. The summed E-state index contributed by atoms with van der Waals surface area (Å²) in [5, 5.41) is 0. The molecule has 2 heterocycles. The van der Waals surface area contributed by atoms with Gasteiger partial charge in [0.05, 0.1) is 0 Å². The monoisotopic (exact) mass is 391 g/mol. The topological polar surface area (TPSA) is 26.8 Å². The van der Waals surface area contributed by atoms with Crippen LogP contribution in [0.2, 0.25) is 0 Å². The summed E-state index contributed by atoms with van der Waals surface area (Å²) in [6.45, 7) is 4.72. The largest absolute Gasteiger partial charge is 0.341 e. The predicted molar refractivity (Wildman–Crippen MR) is 118 cm³/mol. The zero-order valence-corrected chi connectivity index (χ0v) is 17.8. The van der Waals surface area contributed by atoms with Gasteiger partial charge in [-0.05, 0) is 38.1 Å². The van der Waals surface area contributed by atoms with E-state index in [4.69, 9.17) is 0 Å². The smallest absolute Gasteiger partial charge is 0.224 e. The van der Waals surface area contributed by atoms with Crippen LogP contribution in [0.15, 0.2) is 60.7 Å². The van der Waals surface area contributed by atoms with Gasteiger partial charge in [0.2, 0.25) is 5.91 Å². The molecule has 0 aromatic heterocycles. The number of rotatable bonds is 4. The first kappa shape index (κ1) is 20.1. The summed E-state index contributed by atoms with van der Waals surface area (Å²) < 4.78 is 0. The first-order chi connectivity index (χ1) is 14.1. The summed E-state index contributed by atoms with van der Waals surface area (Å²) in [7, 11) is 4.31. The van der Waals surface area contributed by atoms with Crippen molar-refractivity contribution in [3.63, 3.8) is 0 Å². The van der Waals surface area contributed by atoms with E-state index in [1.165, 1.54) is 11.1 Å². The van der Waals surface area contributed by atoms with Crippen LogP contribution in [-0.4, -0.2) is 73.5 Å². The zero-order valence-electron chi connectivity index (χ0n) is 17.8. The minimum Gasteiger partial charge on any atom is -0.341 e. The molecule has 0 unspecified atom stereocenters. The number of piperazine rings is 1. The van der Waals surface area contributed by atoms with E-state index in [1.807, 2.05) is 0 Å². The molecule has 0 bridgehead atoms. The lowest BCUT2D eigenvalue weighted by Crippen LogP contribution is -2.54. The second-order valence-corrected chi connectivity index (χ2v) is 8.83. The number of benzene rings is 2. The summed E-state index contributed by atoms with van der Waals surface area (Å²) in [4.78, 5) is 20.2. The third kappa shape index (κ3) is 4.24. The molecule has 0 spiro atoms. The van der Waals surface area contributed by atoms with E-state index in [2.05, 4.69) is 89.5 Å². The molecule has 4 heteroatoms.